The summed E-state index contributed by atoms with van der Waals surface area (Å²) >= 11 is 9.20. The van der Waals surface area contributed by atoms with Crippen molar-refractivity contribution in [3.05, 3.63) is 119 Å². The molecule has 0 amide bonds. The number of hydrogen-bond acceptors (Lipinski definition) is 8. The lowest BCUT2D eigenvalue weighted by atomic mass is 9.96. The number of nitrogens with zero attached hydrogens (tertiary/aromatic N) is 2. The summed E-state index contributed by atoms with van der Waals surface area (Å²) in [5.74, 6) is 0.647. The summed E-state index contributed by atoms with van der Waals surface area (Å²) in [6, 6.07) is 20.3. The van der Waals surface area contributed by atoms with Crippen LogP contribution in [0.2, 0.25) is 5.02 Å². The molecule has 1 aliphatic rings. The molecule has 228 valence electrons. The number of ether oxygens (including phenoxy) is 3. The minimum atomic E-state index is -0.671. The Labute approximate surface area is 269 Å². The lowest BCUT2D eigenvalue weighted by molar-refractivity contribution is -0.143. The molecule has 2 heterocycles. The van der Waals surface area contributed by atoms with Crippen molar-refractivity contribution in [1.82, 2.24) is 4.57 Å². The fourth-order valence-electron chi connectivity index (χ4n) is 4.89. The Morgan fingerprint density at radius 1 is 1.09 bits per heavy atom. The molecule has 1 aromatic heterocycles. The predicted octanol–water partition coefficient (Wildman–Crippen LogP) is 6.54. The number of benzene rings is 3. The molecule has 1 aliphatic heterocycles. The first-order valence-corrected chi connectivity index (χ1v) is 16.6. The van der Waals surface area contributed by atoms with Crippen LogP contribution in [0.15, 0.2) is 92.7 Å². The number of hydrogen-bond donors (Lipinski definition) is 0. The molecule has 10 heteroatoms. The highest BCUT2D eigenvalue weighted by Crippen LogP contribution is 2.33. The number of thiazole rings is 1. The van der Waals surface area contributed by atoms with E-state index >= 15 is 0 Å². The first-order chi connectivity index (χ1) is 21.2. The third-order valence-electron chi connectivity index (χ3n) is 6.92. The van der Waals surface area contributed by atoms with Gasteiger partial charge in [0.25, 0.3) is 5.56 Å². The van der Waals surface area contributed by atoms with Gasteiger partial charge in [0, 0.05) is 15.5 Å². The average Bonchev–Trinajstić information content (AvgIpc) is 3.30. The molecule has 0 aliphatic carbocycles. The van der Waals surface area contributed by atoms with Crippen molar-refractivity contribution in [3.63, 3.8) is 0 Å². The molecule has 0 N–H and O–H groups in total. The topological polar surface area (TPSA) is 79.1 Å². The van der Waals surface area contributed by atoms with Gasteiger partial charge < -0.3 is 14.2 Å². The zero-order valence-electron chi connectivity index (χ0n) is 25.1. The molecular weight excluding hydrogens is 616 g/mol. The molecule has 5 rings (SSSR count). The first kappa shape index (κ1) is 31.6. The monoisotopic (exact) mass is 648 g/mol. The Balaban J connectivity index is 1.56. The zero-order valence-corrected chi connectivity index (χ0v) is 27.5. The zero-order chi connectivity index (χ0) is 31.4. The van der Waals surface area contributed by atoms with Crippen molar-refractivity contribution in [1.29, 1.82) is 0 Å². The van der Waals surface area contributed by atoms with Crippen molar-refractivity contribution < 1.29 is 19.0 Å². The number of fused-ring (bicyclic) bond motifs is 1. The fraction of sp³-hybridized carbons (Fsp3) is 0.265. The van der Waals surface area contributed by atoms with Crippen molar-refractivity contribution in [3.8, 4) is 11.5 Å². The molecule has 0 unspecified atom stereocenters. The smallest absolute Gasteiger partial charge is 0.338 e. The largest absolute Gasteiger partial charge is 0.490 e. The second-order valence-electron chi connectivity index (χ2n) is 10.3. The summed E-state index contributed by atoms with van der Waals surface area (Å²) in [7, 11) is 0. The fourth-order valence-corrected chi connectivity index (χ4v) is 6.53. The highest BCUT2D eigenvalue weighted by Gasteiger charge is 2.33. The van der Waals surface area contributed by atoms with E-state index in [0.717, 1.165) is 21.6 Å². The normalized spacial score (nSPS) is 14.8. The average molecular weight is 649 g/mol. The standard InChI is InChI=1S/C34H33ClN2O5S2/c1-6-40-28-17-22(11-16-27(28)41-19-24-9-7-8-10-26(24)35)18-29-32(38)37-31(23-12-14-25(43-5)15-13-23)30(33(39)42-20(2)3)21(4)36-34(37)44-29/h7-18,20,31H,6,19H2,1-5H3/b29-18-/t31-/m0/s1. The third-order valence-corrected chi connectivity index (χ3v) is 9.02. The predicted molar refractivity (Wildman–Crippen MR) is 177 cm³/mol. The number of halogens is 1. The molecule has 0 fully saturated rings. The van der Waals surface area contributed by atoms with Gasteiger partial charge in [-0.05, 0) is 81.5 Å². The second kappa shape index (κ2) is 13.9. The molecule has 0 bridgehead atoms. The van der Waals surface area contributed by atoms with Crippen molar-refractivity contribution in [2.75, 3.05) is 12.9 Å². The van der Waals surface area contributed by atoms with Crippen LogP contribution in [0.1, 0.15) is 50.4 Å². The van der Waals surface area contributed by atoms with E-state index in [-0.39, 0.29) is 18.3 Å². The maximum absolute atomic E-state index is 14.0. The van der Waals surface area contributed by atoms with Gasteiger partial charge in [-0.3, -0.25) is 9.36 Å². The SMILES string of the molecule is CCOc1cc(/C=c2\sc3n(c2=O)[C@@H](c2ccc(SC)cc2)C(C(=O)OC(C)C)=C(C)N=3)ccc1OCc1ccccc1Cl. The Hall–Kier alpha value is -3.79. The third kappa shape index (κ3) is 6.80. The van der Waals surface area contributed by atoms with Gasteiger partial charge in [-0.25, -0.2) is 9.79 Å². The van der Waals surface area contributed by atoms with E-state index < -0.39 is 12.0 Å². The molecule has 0 spiro atoms. The van der Waals surface area contributed by atoms with E-state index in [9.17, 15) is 9.59 Å². The summed E-state index contributed by atoms with van der Waals surface area (Å²) in [5.41, 5.74) is 3.08. The van der Waals surface area contributed by atoms with E-state index in [2.05, 4.69) is 0 Å². The van der Waals surface area contributed by atoms with Crippen LogP contribution in [0.4, 0.5) is 0 Å². The van der Waals surface area contributed by atoms with Gasteiger partial charge in [0.15, 0.2) is 16.3 Å². The molecule has 1 atom stereocenters. The summed E-state index contributed by atoms with van der Waals surface area (Å²) in [4.78, 5) is 33.7. The van der Waals surface area contributed by atoms with Gasteiger partial charge in [-0.15, -0.1) is 11.8 Å². The minimum absolute atomic E-state index is 0.243. The molecule has 0 saturated carbocycles. The number of esters is 1. The Morgan fingerprint density at radius 3 is 2.52 bits per heavy atom. The van der Waals surface area contributed by atoms with Crippen LogP contribution in [0.25, 0.3) is 6.08 Å². The van der Waals surface area contributed by atoms with Gasteiger partial charge >= 0.3 is 5.97 Å². The highest BCUT2D eigenvalue weighted by molar-refractivity contribution is 7.98. The molecular formula is C34H33ClN2O5S2. The lowest BCUT2D eigenvalue weighted by Gasteiger charge is -2.25. The van der Waals surface area contributed by atoms with Crippen LogP contribution in [0.5, 0.6) is 11.5 Å². The first-order valence-electron chi connectivity index (χ1n) is 14.2. The van der Waals surface area contributed by atoms with Gasteiger partial charge in [0.1, 0.15) is 6.61 Å². The van der Waals surface area contributed by atoms with E-state index in [0.29, 0.717) is 43.7 Å². The number of carbonyl (C=O) groups excluding carboxylic acids is 1. The van der Waals surface area contributed by atoms with Crippen molar-refractivity contribution >= 4 is 46.7 Å². The number of allylic oxidation sites excluding steroid dienone is 1. The molecule has 0 saturated heterocycles. The summed E-state index contributed by atoms with van der Waals surface area (Å²) in [6.45, 7) is 8.02. The van der Waals surface area contributed by atoms with Crippen molar-refractivity contribution in [2.45, 2.75) is 51.3 Å². The summed E-state index contributed by atoms with van der Waals surface area (Å²) in [5, 5.41) is 0.631. The molecule has 44 heavy (non-hydrogen) atoms. The molecule has 3 aromatic carbocycles. The maximum atomic E-state index is 14.0. The van der Waals surface area contributed by atoms with Crippen molar-refractivity contribution in [2.24, 2.45) is 4.99 Å². The van der Waals surface area contributed by atoms with Gasteiger partial charge in [0.05, 0.1) is 34.6 Å². The Kier molecular flexibility index (Phi) is 9.98. The van der Waals surface area contributed by atoms with E-state index in [1.165, 1.54) is 11.3 Å². The summed E-state index contributed by atoms with van der Waals surface area (Å²) < 4.78 is 19.6. The van der Waals surface area contributed by atoms with Gasteiger partial charge in [0.2, 0.25) is 0 Å². The molecule has 0 radical (unpaired) electrons. The number of rotatable bonds is 10. The molecule has 4 aromatic rings. The quantitative estimate of drug-likeness (QED) is 0.144. The van der Waals surface area contributed by atoms with E-state index in [1.807, 2.05) is 86.0 Å². The summed E-state index contributed by atoms with van der Waals surface area (Å²) in [6.07, 6.45) is 3.49. The van der Waals surface area contributed by atoms with Crippen LogP contribution < -0.4 is 24.4 Å². The van der Waals surface area contributed by atoms with E-state index in [1.54, 1.807) is 37.1 Å². The maximum Gasteiger partial charge on any atom is 0.338 e. The highest BCUT2D eigenvalue weighted by atomic mass is 35.5. The number of thioether (sulfide) groups is 1. The number of carbonyl (C=O) groups is 1. The second-order valence-corrected chi connectivity index (χ2v) is 12.6. The van der Waals surface area contributed by atoms with Gasteiger partial charge in [-0.1, -0.05) is 59.3 Å². The van der Waals surface area contributed by atoms with Crippen LogP contribution in [0.3, 0.4) is 0 Å². The van der Waals surface area contributed by atoms with Crippen LogP contribution >= 0.6 is 34.7 Å². The van der Waals surface area contributed by atoms with Gasteiger partial charge in [-0.2, -0.15) is 0 Å². The van der Waals surface area contributed by atoms with Crippen LogP contribution in [-0.4, -0.2) is 29.5 Å². The lowest BCUT2D eigenvalue weighted by Crippen LogP contribution is -2.40. The number of aromatic nitrogens is 1. The Morgan fingerprint density at radius 2 is 1.84 bits per heavy atom. The molecule has 7 nitrogen and oxygen atoms in total. The van der Waals surface area contributed by atoms with E-state index in [4.69, 9.17) is 30.8 Å². The minimum Gasteiger partial charge on any atom is -0.490 e. The van der Waals surface area contributed by atoms with Crippen LogP contribution in [0, 0.1) is 0 Å². The van der Waals surface area contributed by atoms with Crippen LogP contribution in [-0.2, 0) is 16.1 Å². The Bertz CT molecular complexity index is 1890.